The maximum absolute atomic E-state index is 12.5. The molecule has 1 aliphatic carbocycles. The van der Waals surface area contributed by atoms with Gasteiger partial charge in [0.05, 0.1) is 15.8 Å². The van der Waals surface area contributed by atoms with E-state index < -0.39 is 17.2 Å². The molecular weight excluding hydrogens is 374 g/mol. The molecule has 3 rings (SSSR count). The van der Waals surface area contributed by atoms with Crippen LogP contribution in [-0.4, -0.2) is 34.7 Å². The minimum atomic E-state index is -0.545. The molecule has 1 aliphatic rings. The van der Waals surface area contributed by atoms with Gasteiger partial charge in [0.15, 0.2) is 0 Å². The van der Waals surface area contributed by atoms with Crippen LogP contribution >= 0.6 is 11.3 Å². The molecule has 0 bridgehead atoms. The Balaban J connectivity index is 1.59. The predicted octanol–water partition coefficient (Wildman–Crippen LogP) is 4.26. The lowest BCUT2D eigenvalue weighted by molar-refractivity contribution is -0.118. The van der Waals surface area contributed by atoms with Crippen molar-refractivity contribution in [3.63, 3.8) is 0 Å². The molecule has 0 aliphatic heterocycles. The van der Waals surface area contributed by atoms with E-state index >= 15 is 0 Å². The first kappa shape index (κ1) is 20.3. The Kier molecular flexibility index (Phi) is 6.03. The Morgan fingerprint density at radius 2 is 1.96 bits per heavy atom. The van der Waals surface area contributed by atoms with Gasteiger partial charge in [-0.15, -0.1) is 11.3 Å². The average molecular weight is 402 g/mol. The minimum absolute atomic E-state index is 0.174. The van der Waals surface area contributed by atoms with Crippen LogP contribution in [0.2, 0.25) is 0 Å². The van der Waals surface area contributed by atoms with Crippen LogP contribution in [0.5, 0.6) is 0 Å². The number of carbonyl (C=O) groups is 2. The topological polar surface area (TPSA) is 80.3 Å². The number of thiazole rings is 1. The lowest BCUT2D eigenvalue weighted by atomic mass is 9.97. The molecule has 0 spiro atoms. The molecule has 1 fully saturated rings. The summed E-state index contributed by atoms with van der Waals surface area (Å²) in [6, 6.07) is 7.89. The summed E-state index contributed by atoms with van der Waals surface area (Å²) in [5.41, 5.74) is -0.0383. The van der Waals surface area contributed by atoms with Crippen LogP contribution in [0.1, 0.15) is 51.5 Å². The summed E-state index contributed by atoms with van der Waals surface area (Å²) in [4.78, 5) is 29.0. The number of hydrogen-bond acceptors (Lipinski definition) is 5. The quantitative estimate of drug-likeness (QED) is 0.734. The molecule has 0 unspecified atom stereocenters. The minimum Gasteiger partial charge on any atom is -0.444 e. The van der Waals surface area contributed by atoms with E-state index in [-0.39, 0.29) is 5.91 Å². The standard InChI is InChI=1S/C21H27N3O3S/c1-20(2,3)27-19(26)22-14-21(12-6-7-13-21)24-17(25)10-11-18-23-15-8-4-5-9-16(15)28-18/h4-5,8-11H,6-7,12-14H2,1-3H3,(H,22,26)(H,24,25). The van der Waals surface area contributed by atoms with Crippen LogP contribution in [0.25, 0.3) is 16.3 Å². The van der Waals surface area contributed by atoms with Crippen LogP contribution in [0.4, 0.5) is 4.79 Å². The van der Waals surface area contributed by atoms with E-state index in [2.05, 4.69) is 15.6 Å². The fourth-order valence-electron chi connectivity index (χ4n) is 3.36. The van der Waals surface area contributed by atoms with Gasteiger partial charge in [-0.1, -0.05) is 25.0 Å². The third-order valence-corrected chi connectivity index (χ3v) is 5.61. The fourth-order valence-corrected chi connectivity index (χ4v) is 4.23. The molecule has 1 aromatic carbocycles. The largest absolute Gasteiger partial charge is 0.444 e. The van der Waals surface area contributed by atoms with Crippen molar-refractivity contribution in [3.05, 3.63) is 35.3 Å². The summed E-state index contributed by atoms with van der Waals surface area (Å²) in [7, 11) is 0. The van der Waals surface area contributed by atoms with Crippen molar-refractivity contribution in [1.29, 1.82) is 0 Å². The number of nitrogens with one attached hydrogen (secondary N) is 2. The van der Waals surface area contributed by atoms with Gasteiger partial charge in [0.25, 0.3) is 0 Å². The van der Waals surface area contributed by atoms with E-state index in [4.69, 9.17) is 4.74 Å². The second-order valence-electron chi connectivity index (χ2n) is 8.19. The molecule has 2 N–H and O–H groups in total. The highest BCUT2D eigenvalue weighted by Crippen LogP contribution is 2.29. The molecule has 150 valence electrons. The van der Waals surface area contributed by atoms with Crippen molar-refractivity contribution < 1.29 is 14.3 Å². The number of aromatic nitrogens is 1. The molecule has 28 heavy (non-hydrogen) atoms. The number of nitrogens with zero attached hydrogens (tertiary/aromatic N) is 1. The molecule has 0 saturated heterocycles. The second-order valence-corrected chi connectivity index (χ2v) is 9.25. The molecule has 2 amide bonds. The van der Waals surface area contributed by atoms with Crippen molar-refractivity contribution in [2.45, 2.75) is 57.6 Å². The third kappa shape index (κ3) is 5.55. The number of carbonyl (C=O) groups excluding carboxylic acids is 2. The average Bonchev–Trinajstić information content (AvgIpc) is 3.23. The lowest BCUT2D eigenvalue weighted by Crippen LogP contribution is -2.54. The number of fused-ring (bicyclic) bond motifs is 1. The van der Waals surface area contributed by atoms with Gasteiger partial charge in [0.1, 0.15) is 10.6 Å². The van der Waals surface area contributed by atoms with Gasteiger partial charge in [-0.25, -0.2) is 9.78 Å². The highest BCUT2D eigenvalue weighted by Gasteiger charge is 2.35. The van der Waals surface area contributed by atoms with Crippen molar-refractivity contribution in [1.82, 2.24) is 15.6 Å². The monoisotopic (exact) mass is 401 g/mol. The van der Waals surface area contributed by atoms with Crippen LogP contribution in [0, 0.1) is 0 Å². The summed E-state index contributed by atoms with van der Waals surface area (Å²) < 4.78 is 6.39. The normalized spacial score (nSPS) is 16.4. The number of amides is 2. The van der Waals surface area contributed by atoms with Crippen molar-refractivity contribution in [2.75, 3.05) is 6.54 Å². The molecule has 2 aromatic rings. The van der Waals surface area contributed by atoms with Gasteiger partial charge in [-0.3, -0.25) is 4.79 Å². The summed E-state index contributed by atoms with van der Waals surface area (Å²) >= 11 is 1.55. The van der Waals surface area contributed by atoms with E-state index in [1.165, 1.54) is 6.08 Å². The van der Waals surface area contributed by atoms with Gasteiger partial charge in [0, 0.05) is 12.6 Å². The summed E-state index contributed by atoms with van der Waals surface area (Å²) in [6.45, 7) is 5.84. The highest BCUT2D eigenvalue weighted by molar-refractivity contribution is 7.19. The fraction of sp³-hybridized carbons (Fsp3) is 0.476. The number of alkyl carbamates (subject to hydrolysis) is 1. The van der Waals surface area contributed by atoms with Gasteiger partial charge >= 0.3 is 6.09 Å². The number of benzene rings is 1. The summed E-state index contributed by atoms with van der Waals surface area (Å²) in [6.07, 6.45) is 6.52. The highest BCUT2D eigenvalue weighted by atomic mass is 32.1. The smallest absolute Gasteiger partial charge is 0.407 e. The van der Waals surface area contributed by atoms with Gasteiger partial charge in [-0.05, 0) is 51.8 Å². The van der Waals surface area contributed by atoms with E-state index in [0.29, 0.717) is 6.54 Å². The number of hydrogen-bond donors (Lipinski definition) is 2. The van der Waals surface area contributed by atoms with Crippen molar-refractivity contribution in [3.8, 4) is 0 Å². The van der Waals surface area contributed by atoms with Crippen LogP contribution < -0.4 is 10.6 Å². The van der Waals surface area contributed by atoms with E-state index in [1.54, 1.807) is 17.4 Å². The number of rotatable bonds is 5. The Morgan fingerprint density at radius 3 is 2.64 bits per heavy atom. The predicted molar refractivity (Wildman–Crippen MR) is 112 cm³/mol. The Morgan fingerprint density at radius 1 is 1.25 bits per heavy atom. The van der Waals surface area contributed by atoms with Gasteiger partial charge < -0.3 is 15.4 Å². The molecule has 1 heterocycles. The summed E-state index contributed by atoms with van der Waals surface area (Å²) in [5.74, 6) is -0.174. The molecular formula is C21H27N3O3S. The molecule has 0 atom stereocenters. The van der Waals surface area contributed by atoms with Gasteiger partial charge in [0.2, 0.25) is 5.91 Å². The molecule has 0 radical (unpaired) electrons. The second kappa shape index (κ2) is 8.31. The Labute approximate surface area is 169 Å². The first-order valence-corrected chi connectivity index (χ1v) is 10.4. The number of para-hydroxylation sites is 1. The zero-order valence-corrected chi connectivity index (χ0v) is 17.4. The third-order valence-electron chi connectivity index (χ3n) is 4.61. The lowest BCUT2D eigenvalue weighted by Gasteiger charge is -2.30. The zero-order valence-electron chi connectivity index (χ0n) is 16.6. The first-order chi connectivity index (χ1) is 13.2. The maximum atomic E-state index is 12.5. The van der Waals surface area contributed by atoms with Crippen LogP contribution in [0.3, 0.4) is 0 Å². The molecule has 6 nitrogen and oxygen atoms in total. The zero-order chi connectivity index (χ0) is 20.2. The Bertz CT molecular complexity index is 843. The van der Waals surface area contributed by atoms with E-state index in [1.807, 2.05) is 45.0 Å². The SMILES string of the molecule is CC(C)(C)OC(=O)NCC1(NC(=O)C=Cc2nc3ccccc3s2)CCCC1. The molecule has 1 saturated carbocycles. The molecule has 7 heteroatoms. The van der Waals surface area contributed by atoms with Crippen molar-refractivity contribution >= 4 is 39.6 Å². The Hall–Kier alpha value is -2.41. The maximum Gasteiger partial charge on any atom is 0.407 e. The van der Waals surface area contributed by atoms with Gasteiger partial charge in [-0.2, -0.15) is 0 Å². The number of ether oxygens (including phenoxy) is 1. The van der Waals surface area contributed by atoms with Crippen LogP contribution in [-0.2, 0) is 9.53 Å². The van der Waals surface area contributed by atoms with E-state index in [9.17, 15) is 9.59 Å². The summed E-state index contributed by atoms with van der Waals surface area (Å²) in [5, 5.41) is 6.70. The van der Waals surface area contributed by atoms with Crippen LogP contribution in [0.15, 0.2) is 30.3 Å². The van der Waals surface area contributed by atoms with E-state index in [0.717, 1.165) is 40.9 Å². The van der Waals surface area contributed by atoms with Crippen molar-refractivity contribution in [2.24, 2.45) is 0 Å². The first-order valence-electron chi connectivity index (χ1n) is 9.57. The molecule has 1 aromatic heterocycles.